The highest BCUT2D eigenvalue weighted by atomic mass is 15.2. The van der Waals surface area contributed by atoms with Gasteiger partial charge in [-0.25, -0.2) is 4.98 Å². The van der Waals surface area contributed by atoms with Gasteiger partial charge in [-0.3, -0.25) is 0 Å². The van der Waals surface area contributed by atoms with Gasteiger partial charge in [0, 0.05) is 25.3 Å². The predicted octanol–water partition coefficient (Wildman–Crippen LogP) is 1.14. The molecule has 16 heavy (non-hydrogen) atoms. The minimum absolute atomic E-state index is 0.602. The van der Waals surface area contributed by atoms with Crippen molar-refractivity contribution in [2.45, 2.75) is 18.9 Å². The van der Waals surface area contributed by atoms with Gasteiger partial charge in [-0.15, -0.1) is 0 Å². The Balaban J connectivity index is 2.11. The summed E-state index contributed by atoms with van der Waals surface area (Å²) in [7, 11) is 2.00. The Morgan fingerprint density at radius 1 is 1.50 bits per heavy atom. The van der Waals surface area contributed by atoms with E-state index in [4.69, 9.17) is 5.26 Å². The van der Waals surface area contributed by atoms with Crippen molar-refractivity contribution in [3.8, 4) is 6.07 Å². The van der Waals surface area contributed by atoms with Crippen LogP contribution in [-0.2, 0) is 0 Å². The number of pyridine rings is 1. The highest BCUT2D eigenvalue weighted by molar-refractivity contribution is 5.53. The number of piperidine rings is 1. The molecule has 0 aromatic carbocycles. The second-order valence-corrected chi connectivity index (χ2v) is 4.04. The number of nitriles is 1. The molecule has 0 amide bonds. The minimum atomic E-state index is 0.602. The highest BCUT2D eigenvalue weighted by Gasteiger charge is 2.20. The fourth-order valence-corrected chi connectivity index (χ4v) is 2.12. The summed E-state index contributed by atoms with van der Waals surface area (Å²) in [5.41, 5.74) is 0.672. The van der Waals surface area contributed by atoms with E-state index in [2.05, 4.69) is 21.3 Å². The van der Waals surface area contributed by atoms with E-state index in [1.54, 1.807) is 6.20 Å². The summed E-state index contributed by atoms with van der Waals surface area (Å²) >= 11 is 0. The Bertz CT molecular complexity index is 388. The number of hydrogen-bond acceptors (Lipinski definition) is 4. The molecule has 1 aliphatic rings. The fraction of sp³-hybridized carbons (Fsp3) is 0.500. The SMILES string of the molecule is CNC1CCN(c2ncccc2C#N)CC1. The Hall–Kier alpha value is -1.60. The Morgan fingerprint density at radius 2 is 2.25 bits per heavy atom. The van der Waals surface area contributed by atoms with Crippen LogP contribution >= 0.6 is 0 Å². The van der Waals surface area contributed by atoms with Gasteiger partial charge in [0.1, 0.15) is 11.9 Å². The summed E-state index contributed by atoms with van der Waals surface area (Å²) in [4.78, 5) is 6.51. The van der Waals surface area contributed by atoms with Crippen LogP contribution < -0.4 is 10.2 Å². The molecule has 0 bridgehead atoms. The van der Waals surface area contributed by atoms with Crippen molar-refractivity contribution in [3.05, 3.63) is 23.9 Å². The van der Waals surface area contributed by atoms with Crippen molar-refractivity contribution in [1.82, 2.24) is 10.3 Å². The molecule has 4 heteroatoms. The maximum absolute atomic E-state index is 9.02. The van der Waals surface area contributed by atoms with Gasteiger partial charge in [0.05, 0.1) is 5.56 Å². The largest absolute Gasteiger partial charge is 0.355 e. The van der Waals surface area contributed by atoms with Gasteiger partial charge in [0.2, 0.25) is 0 Å². The zero-order chi connectivity index (χ0) is 11.4. The number of rotatable bonds is 2. The monoisotopic (exact) mass is 216 g/mol. The van der Waals surface area contributed by atoms with Crippen molar-refractivity contribution in [2.24, 2.45) is 0 Å². The maximum Gasteiger partial charge on any atom is 0.146 e. The molecule has 2 rings (SSSR count). The lowest BCUT2D eigenvalue weighted by molar-refractivity contribution is 0.440. The van der Waals surface area contributed by atoms with Crippen LogP contribution in [0.3, 0.4) is 0 Å². The molecular weight excluding hydrogens is 200 g/mol. The molecule has 4 nitrogen and oxygen atoms in total. The first-order valence-corrected chi connectivity index (χ1v) is 5.62. The normalized spacial score (nSPS) is 17.1. The lowest BCUT2D eigenvalue weighted by atomic mass is 10.0. The number of hydrogen-bond donors (Lipinski definition) is 1. The molecule has 84 valence electrons. The van der Waals surface area contributed by atoms with Crippen LogP contribution in [0.2, 0.25) is 0 Å². The third-order valence-corrected chi connectivity index (χ3v) is 3.11. The lowest BCUT2D eigenvalue weighted by Gasteiger charge is -2.32. The molecule has 2 heterocycles. The molecule has 0 unspecified atom stereocenters. The van der Waals surface area contributed by atoms with E-state index in [1.807, 2.05) is 19.2 Å². The molecule has 1 fully saturated rings. The number of aromatic nitrogens is 1. The Morgan fingerprint density at radius 3 is 2.88 bits per heavy atom. The van der Waals surface area contributed by atoms with Gasteiger partial charge in [0.15, 0.2) is 0 Å². The molecule has 0 spiro atoms. The third-order valence-electron chi connectivity index (χ3n) is 3.11. The van der Waals surface area contributed by atoms with Gasteiger partial charge in [-0.1, -0.05) is 0 Å². The number of anilines is 1. The van der Waals surface area contributed by atoms with Gasteiger partial charge in [-0.2, -0.15) is 5.26 Å². The van der Waals surface area contributed by atoms with Crippen LogP contribution in [0.4, 0.5) is 5.82 Å². The first-order valence-electron chi connectivity index (χ1n) is 5.62. The average Bonchev–Trinajstić information content (AvgIpc) is 2.39. The minimum Gasteiger partial charge on any atom is -0.355 e. The van der Waals surface area contributed by atoms with E-state index < -0.39 is 0 Å². The van der Waals surface area contributed by atoms with Crippen molar-refractivity contribution >= 4 is 5.82 Å². The average molecular weight is 216 g/mol. The summed E-state index contributed by atoms with van der Waals surface area (Å²) in [6.45, 7) is 1.94. The van der Waals surface area contributed by atoms with Crippen molar-refractivity contribution in [2.75, 3.05) is 25.0 Å². The van der Waals surface area contributed by atoms with Crippen LogP contribution in [0.5, 0.6) is 0 Å². The van der Waals surface area contributed by atoms with Gasteiger partial charge >= 0.3 is 0 Å². The molecule has 0 aliphatic carbocycles. The van der Waals surface area contributed by atoms with Crippen LogP contribution in [0, 0.1) is 11.3 Å². The molecule has 1 aliphatic heterocycles. The molecular formula is C12H16N4. The lowest BCUT2D eigenvalue weighted by Crippen LogP contribution is -2.41. The van der Waals surface area contributed by atoms with Crippen molar-refractivity contribution in [1.29, 1.82) is 5.26 Å². The van der Waals surface area contributed by atoms with Crippen LogP contribution in [0.1, 0.15) is 18.4 Å². The smallest absolute Gasteiger partial charge is 0.146 e. The number of nitrogens with one attached hydrogen (secondary N) is 1. The standard InChI is InChI=1S/C12H16N4/c1-14-11-4-7-16(8-5-11)12-10(9-13)3-2-6-15-12/h2-3,6,11,14H,4-5,7-8H2,1H3. The topological polar surface area (TPSA) is 52.0 Å². The number of nitrogens with zero attached hydrogens (tertiary/aromatic N) is 3. The molecule has 1 aromatic rings. The second kappa shape index (κ2) is 4.95. The van der Waals surface area contributed by atoms with Crippen LogP contribution in [0.15, 0.2) is 18.3 Å². The van der Waals surface area contributed by atoms with E-state index in [-0.39, 0.29) is 0 Å². The molecule has 1 N–H and O–H groups in total. The highest BCUT2D eigenvalue weighted by Crippen LogP contribution is 2.20. The molecule has 0 saturated carbocycles. The fourth-order valence-electron chi connectivity index (χ4n) is 2.12. The van der Waals surface area contributed by atoms with Crippen molar-refractivity contribution < 1.29 is 0 Å². The zero-order valence-corrected chi connectivity index (χ0v) is 9.48. The van der Waals surface area contributed by atoms with E-state index >= 15 is 0 Å². The first-order chi connectivity index (χ1) is 7.85. The quantitative estimate of drug-likeness (QED) is 0.805. The van der Waals surface area contributed by atoms with Gasteiger partial charge < -0.3 is 10.2 Å². The summed E-state index contributed by atoms with van der Waals surface area (Å²) in [5.74, 6) is 0.833. The molecule has 1 aromatic heterocycles. The summed E-state index contributed by atoms with van der Waals surface area (Å²) in [6.07, 6.45) is 3.97. The van der Waals surface area contributed by atoms with Gasteiger partial charge in [-0.05, 0) is 32.0 Å². The zero-order valence-electron chi connectivity index (χ0n) is 9.48. The van der Waals surface area contributed by atoms with Gasteiger partial charge in [0.25, 0.3) is 0 Å². The van der Waals surface area contributed by atoms with Crippen LogP contribution in [-0.4, -0.2) is 31.2 Å². The van der Waals surface area contributed by atoms with E-state index in [0.717, 1.165) is 31.7 Å². The first kappa shape index (κ1) is 10.9. The summed E-state index contributed by atoms with van der Waals surface area (Å²) in [6, 6.07) is 6.43. The third kappa shape index (κ3) is 2.15. The van der Waals surface area contributed by atoms with Crippen molar-refractivity contribution in [3.63, 3.8) is 0 Å². The summed E-state index contributed by atoms with van der Waals surface area (Å²) < 4.78 is 0. The van der Waals surface area contributed by atoms with Crippen LogP contribution in [0.25, 0.3) is 0 Å². The van der Waals surface area contributed by atoms with E-state index in [9.17, 15) is 0 Å². The van der Waals surface area contributed by atoms with E-state index in [0.29, 0.717) is 11.6 Å². The molecule has 1 saturated heterocycles. The molecule has 0 atom stereocenters. The van der Waals surface area contributed by atoms with E-state index in [1.165, 1.54) is 0 Å². The Kier molecular flexibility index (Phi) is 3.37. The Labute approximate surface area is 95.9 Å². The predicted molar refractivity (Wildman–Crippen MR) is 63.2 cm³/mol. The second-order valence-electron chi connectivity index (χ2n) is 4.04. The molecule has 0 radical (unpaired) electrons. The summed E-state index contributed by atoms with van der Waals surface area (Å²) in [5, 5.41) is 12.3. The maximum atomic E-state index is 9.02.